The molecule has 2 aromatic carbocycles. The van der Waals surface area contributed by atoms with Crippen molar-refractivity contribution in [3.8, 4) is 0 Å². The first-order valence-electron chi connectivity index (χ1n) is 15.4. The van der Waals surface area contributed by atoms with Crippen LogP contribution in [0, 0.1) is 13.8 Å². The minimum absolute atomic E-state index is 0.104. The van der Waals surface area contributed by atoms with E-state index in [1.54, 1.807) is 0 Å². The molecule has 0 unspecified atom stereocenters. The van der Waals surface area contributed by atoms with Crippen molar-refractivity contribution < 1.29 is 23.8 Å². The number of allylic oxidation sites excluding steroid dienone is 6. The number of hydrogen-bond donors (Lipinski definition) is 0. The van der Waals surface area contributed by atoms with Crippen LogP contribution in [0.1, 0.15) is 86.5 Å². The van der Waals surface area contributed by atoms with Crippen LogP contribution in [-0.4, -0.2) is 46.7 Å². The number of imide groups is 1. The predicted molar refractivity (Wildman–Crippen MR) is 169 cm³/mol. The molecule has 5 rings (SSSR count). The van der Waals surface area contributed by atoms with E-state index < -0.39 is 17.8 Å². The highest BCUT2D eigenvalue weighted by Gasteiger charge is 2.34. The van der Waals surface area contributed by atoms with Gasteiger partial charge in [-0.1, -0.05) is 60.9 Å². The number of hydroxylamine groups is 2. The topological polar surface area (TPSA) is 69.9 Å². The predicted octanol–water partition coefficient (Wildman–Crippen LogP) is 6.92. The number of nitrogens with zero attached hydrogens (tertiary/aromatic N) is 3. The Balaban J connectivity index is 1.20. The van der Waals surface area contributed by atoms with Crippen molar-refractivity contribution in [3.63, 3.8) is 0 Å². The van der Waals surface area contributed by atoms with Crippen molar-refractivity contribution in [3.05, 3.63) is 94.7 Å². The van der Waals surface area contributed by atoms with Crippen molar-refractivity contribution >= 4 is 34.9 Å². The zero-order valence-corrected chi connectivity index (χ0v) is 25.9. The fourth-order valence-corrected chi connectivity index (χ4v) is 6.35. The van der Waals surface area contributed by atoms with Gasteiger partial charge in [-0.15, -0.1) is 5.06 Å². The van der Waals surface area contributed by atoms with Gasteiger partial charge in [0.25, 0.3) is 11.8 Å². The van der Waals surface area contributed by atoms with Crippen molar-refractivity contribution in [2.45, 2.75) is 78.1 Å². The highest BCUT2D eigenvalue weighted by atomic mass is 16.7. The average molecular weight is 581 g/mol. The molecule has 3 heterocycles. The molecule has 7 heteroatoms. The normalized spacial score (nSPS) is 20.8. The van der Waals surface area contributed by atoms with Crippen LogP contribution in [0.4, 0.5) is 11.4 Å². The largest absolute Gasteiger partial charge is 0.344 e. The molecule has 0 bridgehead atoms. The fourth-order valence-electron chi connectivity index (χ4n) is 6.35. The molecular weight excluding hydrogens is 538 g/mol. The molecule has 0 spiro atoms. The second-order valence-corrected chi connectivity index (χ2v) is 11.9. The summed E-state index contributed by atoms with van der Waals surface area (Å²) in [5.74, 6) is -0.785. The molecule has 0 N–H and O–H groups in total. The zero-order chi connectivity index (χ0) is 30.7. The van der Waals surface area contributed by atoms with Crippen molar-refractivity contribution in [1.82, 2.24) is 5.06 Å². The first kappa shape index (κ1) is 30.2. The molecule has 2 amide bonds. The molecule has 0 radical (unpaired) electrons. The number of aryl methyl sites for hydroxylation is 2. The second kappa shape index (κ2) is 12.9. The minimum Gasteiger partial charge on any atom is -0.344 e. The fraction of sp³-hybridized carbons (Fsp3) is 0.389. The van der Waals surface area contributed by atoms with Crippen LogP contribution < -0.4 is 4.90 Å². The number of fused-ring (bicyclic) bond motifs is 2. The summed E-state index contributed by atoms with van der Waals surface area (Å²) < 4.78 is 2.28. The summed E-state index contributed by atoms with van der Waals surface area (Å²) in [5.41, 5.74) is 10.3. The average Bonchev–Trinajstić information content (AvgIpc) is 3.52. The summed E-state index contributed by atoms with van der Waals surface area (Å²) >= 11 is 0. The molecular formula is C36H42N3O4+. The Morgan fingerprint density at radius 3 is 2.35 bits per heavy atom. The van der Waals surface area contributed by atoms with Gasteiger partial charge in [-0.25, -0.2) is 4.79 Å². The molecule has 2 aromatic rings. The standard InChI is InChI=1S/C36H42N3O4/c1-24-15-17-32-28(22-24)26(3)30(37(32)5)12-8-6-9-13-31-27(4)29-23-25(2)16-18-33(29)38(31)21-11-7-10-14-36(42)43-39-34(40)19-20-35(39)41/h6,8-9,12-13,15-18,22-23,26-27H,7,10-11,14,19-21H2,1-5H3/q+1/t26-,27+/m1/s1. The quantitative estimate of drug-likeness (QED) is 0.132. The van der Waals surface area contributed by atoms with E-state index in [9.17, 15) is 14.4 Å². The van der Waals surface area contributed by atoms with Gasteiger partial charge in [0.05, 0.1) is 5.92 Å². The highest BCUT2D eigenvalue weighted by Crippen LogP contribution is 2.44. The van der Waals surface area contributed by atoms with Gasteiger partial charge in [-0.3, -0.25) is 9.59 Å². The van der Waals surface area contributed by atoms with E-state index in [-0.39, 0.29) is 25.2 Å². The van der Waals surface area contributed by atoms with Gasteiger partial charge in [0.1, 0.15) is 7.05 Å². The van der Waals surface area contributed by atoms with Gasteiger partial charge in [0, 0.05) is 60.8 Å². The van der Waals surface area contributed by atoms with Gasteiger partial charge in [-0.05, 0) is 57.4 Å². The van der Waals surface area contributed by atoms with Gasteiger partial charge in [0.2, 0.25) is 5.69 Å². The van der Waals surface area contributed by atoms with E-state index in [1.165, 1.54) is 45.0 Å². The van der Waals surface area contributed by atoms with E-state index in [4.69, 9.17) is 4.84 Å². The van der Waals surface area contributed by atoms with Crippen LogP contribution in [0.15, 0.2) is 72.5 Å². The van der Waals surface area contributed by atoms with Gasteiger partial charge in [0.15, 0.2) is 5.71 Å². The number of benzene rings is 2. The Morgan fingerprint density at radius 1 is 0.907 bits per heavy atom. The van der Waals surface area contributed by atoms with Crippen LogP contribution in [-0.2, 0) is 19.2 Å². The Morgan fingerprint density at radius 2 is 1.60 bits per heavy atom. The molecule has 3 aliphatic rings. The molecule has 0 aromatic heterocycles. The first-order chi connectivity index (χ1) is 20.7. The number of unbranched alkanes of at least 4 members (excludes halogenated alkanes) is 2. The molecule has 3 aliphatic heterocycles. The van der Waals surface area contributed by atoms with Crippen LogP contribution in [0.2, 0.25) is 0 Å². The van der Waals surface area contributed by atoms with Gasteiger partial charge < -0.3 is 9.74 Å². The van der Waals surface area contributed by atoms with E-state index in [0.717, 1.165) is 19.4 Å². The zero-order valence-electron chi connectivity index (χ0n) is 25.9. The smallest absolute Gasteiger partial charge is 0.333 e. The summed E-state index contributed by atoms with van der Waals surface area (Å²) in [6.07, 6.45) is 13.6. The SMILES string of the molecule is Cc1ccc2c(c1)[C@H](C)C(=CC=CC=CC1=[N+](C)c3ccc(C)cc3[C@H]1C)N2CCCCCC(=O)ON1C(=O)CCC1=O. The van der Waals surface area contributed by atoms with Crippen LogP contribution in [0.5, 0.6) is 0 Å². The van der Waals surface area contributed by atoms with Crippen LogP contribution in [0.3, 0.4) is 0 Å². The molecule has 0 aliphatic carbocycles. The first-order valence-corrected chi connectivity index (χ1v) is 15.4. The third kappa shape index (κ3) is 6.41. The molecule has 2 atom stereocenters. The Labute approximate surface area is 254 Å². The molecule has 224 valence electrons. The number of carbonyl (C=O) groups is 3. The van der Waals surface area contributed by atoms with Crippen molar-refractivity contribution in [2.24, 2.45) is 0 Å². The Hall–Kier alpha value is -4.26. The highest BCUT2D eigenvalue weighted by molar-refractivity contribution is 6.01. The second-order valence-electron chi connectivity index (χ2n) is 11.9. The van der Waals surface area contributed by atoms with Gasteiger partial charge >= 0.3 is 5.97 Å². The van der Waals surface area contributed by atoms with E-state index >= 15 is 0 Å². The molecule has 43 heavy (non-hydrogen) atoms. The number of hydrogen-bond acceptors (Lipinski definition) is 5. The number of carbonyl (C=O) groups excluding carboxylic acids is 3. The number of anilines is 1. The lowest BCUT2D eigenvalue weighted by Gasteiger charge is -2.22. The van der Waals surface area contributed by atoms with E-state index in [1.807, 2.05) is 0 Å². The monoisotopic (exact) mass is 580 g/mol. The third-order valence-corrected chi connectivity index (χ3v) is 8.76. The van der Waals surface area contributed by atoms with Crippen LogP contribution >= 0.6 is 0 Å². The summed E-state index contributed by atoms with van der Waals surface area (Å²) in [5, 5.41) is 0.623. The van der Waals surface area contributed by atoms with E-state index in [2.05, 4.69) is 111 Å². The van der Waals surface area contributed by atoms with Crippen molar-refractivity contribution in [2.75, 3.05) is 18.5 Å². The van der Waals surface area contributed by atoms with Gasteiger partial charge in [-0.2, -0.15) is 4.58 Å². The van der Waals surface area contributed by atoms with Crippen LogP contribution in [0.25, 0.3) is 0 Å². The van der Waals surface area contributed by atoms with E-state index in [0.29, 0.717) is 17.4 Å². The maximum Gasteiger partial charge on any atom is 0.333 e. The lowest BCUT2D eigenvalue weighted by atomic mass is 9.96. The maximum atomic E-state index is 12.2. The lowest BCUT2D eigenvalue weighted by Crippen LogP contribution is -2.31. The number of amides is 2. The molecule has 1 fully saturated rings. The summed E-state index contributed by atoms with van der Waals surface area (Å²) in [6.45, 7) is 9.64. The lowest BCUT2D eigenvalue weighted by molar-refractivity contribution is -0.401. The molecule has 7 nitrogen and oxygen atoms in total. The minimum atomic E-state index is -0.534. The Bertz CT molecular complexity index is 1550. The molecule has 0 saturated carbocycles. The Kier molecular flexibility index (Phi) is 9.09. The summed E-state index contributed by atoms with van der Waals surface area (Å²) in [4.78, 5) is 42.9. The molecule has 1 saturated heterocycles. The maximum absolute atomic E-state index is 12.2. The van der Waals surface area contributed by atoms with Crippen molar-refractivity contribution in [1.29, 1.82) is 0 Å². The number of rotatable bonds is 10. The summed E-state index contributed by atoms with van der Waals surface area (Å²) in [6, 6.07) is 13.3. The summed E-state index contributed by atoms with van der Waals surface area (Å²) in [7, 11) is 2.14. The third-order valence-electron chi connectivity index (χ3n) is 8.76.